The molecular weight excluding hydrogens is 1670 g/mol. The highest BCUT2D eigenvalue weighted by Crippen LogP contribution is 2.42. The maximum atomic E-state index is 11.9. The van der Waals surface area contributed by atoms with E-state index < -0.39 is 15.1 Å². The van der Waals surface area contributed by atoms with Crippen LogP contribution >= 0.6 is 27.5 Å². The van der Waals surface area contributed by atoms with E-state index >= 15 is 0 Å². The zero-order chi connectivity index (χ0) is 88.5. The summed E-state index contributed by atoms with van der Waals surface area (Å²) in [7, 11) is 22.2. The summed E-state index contributed by atoms with van der Waals surface area (Å²) in [5.74, 6) is 3.81. The van der Waals surface area contributed by atoms with Crippen LogP contribution in [0.25, 0.3) is 32.7 Å². The van der Waals surface area contributed by atoms with Crippen molar-refractivity contribution in [2.75, 3.05) is 209 Å². The summed E-state index contributed by atoms with van der Waals surface area (Å²) in [6.45, 7) is 12.1. The molecule has 3 aliphatic heterocycles. The second-order valence-electron chi connectivity index (χ2n) is 29.7. The topological polar surface area (TPSA) is 375 Å². The van der Waals surface area contributed by atoms with Crippen molar-refractivity contribution in [3.05, 3.63) is 220 Å². The smallest absolute Gasteiger partial charge is 0.294 e. The SMILES string of the molecule is Brc1cnc2ccccc2c1.C=CC(=O)Cl.COc1cc(N(C)CCN(C)C)c(N)cc1Nc1nccc(OC2CN(c3cnc4ccccc4c3)C2)n1.COc1cc(N(C)CCN(C)C)c([N+](=O)[O-])cc1Nc1nccc(OC2CN(c3cnc4ccccc4c3)C2)n1.COc1cc(N(C)CCN(C)C)c([N+](=O)[O-])cc1Nc1nccc(OC2CNC2)n1. The second-order valence-corrected chi connectivity index (χ2v) is 31.0. The molecule has 0 bridgehead atoms. The Bertz CT molecular complexity index is 5640. The lowest BCUT2D eigenvalue weighted by molar-refractivity contribution is -0.384. The lowest BCUT2D eigenvalue weighted by Gasteiger charge is -2.40. The van der Waals surface area contributed by atoms with Gasteiger partial charge in [-0.3, -0.25) is 40.0 Å². The summed E-state index contributed by atoms with van der Waals surface area (Å²) in [4.78, 5) is 88.2. The van der Waals surface area contributed by atoms with Gasteiger partial charge < -0.3 is 94.6 Å². The van der Waals surface area contributed by atoms with Crippen LogP contribution in [0.5, 0.6) is 34.9 Å². The van der Waals surface area contributed by atoms with E-state index in [9.17, 15) is 25.0 Å². The number of fused-ring (bicyclic) bond motifs is 3. The van der Waals surface area contributed by atoms with Crippen LogP contribution in [-0.4, -0.2) is 256 Å². The molecule has 0 unspecified atom stereocenters. The average Bonchev–Trinajstić information content (AvgIpc) is 0.808. The first-order chi connectivity index (χ1) is 59.7. The number of nitrogen functional groups attached to an aromatic ring is 1. The van der Waals surface area contributed by atoms with Crippen molar-refractivity contribution in [3.8, 4) is 34.9 Å². The number of pyridine rings is 3. The number of nitrogens with zero attached hydrogens (tertiary/aromatic N) is 19. The Hall–Kier alpha value is -13.4. The van der Waals surface area contributed by atoms with E-state index in [0.29, 0.717) is 101 Å². The van der Waals surface area contributed by atoms with Gasteiger partial charge in [0.25, 0.3) is 11.4 Å². The normalized spacial score (nSPS) is 12.9. The molecule has 6 N–H and O–H groups in total. The zero-order valence-electron chi connectivity index (χ0n) is 71.1. The minimum atomic E-state index is -0.509. The Labute approximate surface area is 732 Å². The fourth-order valence-electron chi connectivity index (χ4n) is 12.7. The lowest BCUT2D eigenvalue weighted by atomic mass is 10.1. The number of benzene rings is 6. The van der Waals surface area contributed by atoms with E-state index in [4.69, 9.17) is 45.8 Å². The first-order valence-electron chi connectivity index (χ1n) is 39.5. The summed E-state index contributed by atoms with van der Waals surface area (Å²) < 4.78 is 35.6. The minimum Gasteiger partial charge on any atom is -0.494 e. The third-order valence-electron chi connectivity index (χ3n) is 19.7. The molecule has 3 fully saturated rings. The van der Waals surface area contributed by atoms with Gasteiger partial charge in [0.15, 0.2) is 0 Å². The highest BCUT2D eigenvalue weighted by atomic mass is 79.9. The van der Waals surface area contributed by atoms with Crippen LogP contribution in [0, 0.1) is 20.2 Å². The standard InChI is InChI=1S/C28H32N8O4.C28H34N8O2.C19H27N7O4.C9H6BrN.C3H3ClO/c1-33(2)11-12-34(3)24-15-26(39-4)23(14-25(24)36(37)38)31-28-29-10-9-27(32-28)40-21-17-35(18-21)20-13-19-7-5-6-8-22(19)30-16-20;1-34(2)11-12-35(3)25-15-26(37-4)24(14-22(25)29)32-28-30-10-9-27(33-28)38-21-17-36(18-21)20-13-19-7-5-6-8-23(19)31-16-20;1-24(2)7-8-25(3)15-10-17(29-4)14(9-16(15)26(27)28)22-19-21-6-5-18(23-19)30-13-11-20-12-13;10-8-5-7-3-1-2-4-9(7)11-6-8;1-2-3(4)5/h5-10,13-16,21H,11-12,17-18H2,1-4H3,(H,29,31,32);5-10,13-16,21H,11-12,17-18,29H2,1-4H3,(H,30,32,33);5-6,9-10,13,20H,7-8,11-12H2,1-4H3,(H,21,22,23);1-6H;2H,1H2. The Morgan fingerprint density at radius 3 is 1.19 bits per heavy atom. The largest absolute Gasteiger partial charge is 0.494 e. The predicted molar refractivity (Wildman–Crippen MR) is 493 cm³/mol. The summed E-state index contributed by atoms with van der Waals surface area (Å²) >= 11 is 8.08. The van der Waals surface area contributed by atoms with Crippen LogP contribution in [0.4, 0.5) is 80.4 Å². The Morgan fingerprint density at radius 1 is 0.500 bits per heavy atom. The fourth-order valence-corrected chi connectivity index (χ4v) is 13.1. The predicted octanol–water partition coefficient (Wildman–Crippen LogP) is 13.0. The van der Waals surface area contributed by atoms with Crippen molar-refractivity contribution in [2.24, 2.45) is 0 Å². The van der Waals surface area contributed by atoms with Gasteiger partial charge in [-0.1, -0.05) is 61.2 Å². The van der Waals surface area contributed by atoms with Crippen molar-refractivity contribution in [1.29, 1.82) is 0 Å². The first-order valence-corrected chi connectivity index (χ1v) is 40.7. The monoisotopic (exact) mass is 1770 g/mol. The van der Waals surface area contributed by atoms with Crippen LogP contribution in [-0.2, 0) is 4.79 Å². The summed E-state index contributed by atoms with van der Waals surface area (Å²) in [6.07, 6.45) is 11.5. The van der Waals surface area contributed by atoms with E-state index in [1.807, 2.05) is 174 Å². The third kappa shape index (κ3) is 25.6. The van der Waals surface area contributed by atoms with Gasteiger partial charge in [0.2, 0.25) is 40.7 Å². The number of carbonyl (C=O) groups is 1. The van der Waals surface area contributed by atoms with Crippen LogP contribution in [0.15, 0.2) is 200 Å². The molecule has 6 aromatic carbocycles. The second kappa shape index (κ2) is 43.9. The number of nitrogens with two attached hydrogens (primary N) is 1. The maximum absolute atomic E-state index is 11.9. The van der Waals surface area contributed by atoms with Gasteiger partial charge in [0.05, 0.1) is 126 Å². The minimum absolute atomic E-state index is 0.0337. The highest BCUT2D eigenvalue weighted by Gasteiger charge is 2.32. The van der Waals surface area contributed by atoms with Gasteiger partial charge in [-0.25, -0.2) is 15.0 Å². The zero-order valence-corrected chi connectivity index (χ0v) is 73.5. The molecule has 15 rings (SSSR count). The van der Waals surface area contributed by atoms with E-state index in [2.05, 4.69) is 139 Å². The van der Waals surface area contributed by atoms with Crippen LogP contribution < -0.4 is 79.9 Å². The summed E-state index contributed by atoms with van der Waals surface area (Å²) in [5, 5.41) is 39.0. The molecule has 3 aliphatic rings. The number of allylic oxidation sites excluding steroid dienone is 1. The van der Waals surface area contributed by atoms with Gasteiger partial charge in [0, 0.05) is 167 Å². The van der Waals surface area contributed by atoms with E-state index in [1.165, 1.54) is 31.7 Å². The summed E-state index contributed by atoms with van der Waals surface area (Å²) in [6, 6.07) is 45.6. The van der Waals surface area contributed by atoms with Crippen LogP contribution in [0.3, 0.4) is 0 Å². The molecular formula is C87H102BrClN24O11. The van der Waals surface area contributed by atoms with Crippen LogP contribution in [0.2, 0.25) is 0 Å². The number of likely N-dealkylation sites (N-methyl/N-ethyl adjacent to an activating group) is 6. The van der Waals surface area contributed by atoms with Gasteiger partial charge in [-0.2, -0.15) is 15.0 Å². The quantitative estimate of drug-likeness (QED) is 0.00859. The number of ether oxygens (including phenoxy) is 6. The number of nitro benzene ring substituents is 2. The number of hydrogen-bond acceptors (Lipinski definition) is 33. The molecule has 124 heavy (non-hydrogen) atoms. The van der Waals surface area contributed by atoms with Crippen molar-refractivity contribution in [2.45, 2.75) is 18.3 Å². The van der Waals surface area contributed by atoms with Gasteiger partial charge in [-0.15, -0.1) is 0 Å². The molecule has 0 aliphatic carbocycles. The average molecular weight is 1780 g/mol. The molecule has 3 saturated heterocycles. The van der Waals surface area contributed by atoms with Crippen molar-refractivity contribution >= 4 is 146 Å². The van der Waals surface area contributed by atoms with Crippen molar-refractivity contribution in [1.82, 2.24) is 64.9 Å². The number of rotatable bonds is 32. The van der Waals surface area contributed by atoms with E-state index in [-0.39, 0.29) is 41.6 Å². The molecule has 0 atom stereocenters. The third-order valence-corrected chi connectivity index (χ3v) is 20.3. The van der Waals surface area contributed by atoms with E-state index in [0.717, 1.165) is 107 Å². The maximum Gasteiger partial charge on any atom is 0.294 e. The fraction of sp³-hybridized carbons (Fsp3) is 0.310. The number of methoxy groups -OCH3 is 3. The number of hydrogen-bond donors (Lipinski definition) is 5. The molecule has 0 saturated carbocycles. The Kier molecular flexibility index (Phi) is 32.3. The number of para-hydroxylation sites is 3. The van der Waals surface area contributed by atoms with Gasteiger partial charge in [-0.05, 0) is 118 Å². The molecule has 0 spiro atoms. The molecule has 35 nitrogen and oxygen atoms in total. The number of anilines is 12. The Balaban J connectivity index is 0.000000167. The molecule has 6 aromatic heterocycles. The van der Waals surface area contributed by atoms with Crippen molar-refractivity contribution in [3.63, 3.8) is 0 Å². The van der Waals surface area contributed by atoms with Crippen LogP contribution in [0.1, 0.15) is 0 Å². The van der Waals surface area contributed by atoms with Gasteiger partial charge in [0.1, 0.15) is 46.9 Å². The molecule has 0 amide bonds. The summed E-state index contributed by atoms with van der Waals surface area (Å²) in [5.41, 5.74) is 15.4. The van der Waals surface area contributed by atoms with E-state index in [1.54, 1.807) is 56.0 Å². The lowest BCUT2D eigenvalue weighted by Crippen LogP contribution is -2.54. The number of nitro groups is 2. The molecule has 9 heterocycles. The highest BCUT2D eigenvalue weighted by molar-refractivity contribution is 9.10. The molecule has 12 aromatic rings. The molecule has 37 heteroatoms. The first kappa shape index (κ1) is 91.4. The van der Waals surface area contributed by atoms with Crippen molar-refractivity contribution < 1.29 is 43.1 Å². The number of nitrogens with one attached hydrogen (secondary N) is 4. The molecule has 0 radical (unpaired) electrons. The van der Waals surface area contributed by atoms with Gasteiger partial charge >= 0.3 is 0 Å². The molecule has 650 valence electrons. The number of carbonyl (C=O) groups excluding carboxylic acids is 1. The number of halogens is 2. The number of aromatic nitrogens is 9. The Morgan fingerprint density at radius 2 is 0.839 bits per heavy atom.